The molecule has 1 aliphatic heterocycles. The van der Waals surface area contributed by atoms with Gasteiger partial charge < -0.3 is 15.0 Å². The number of anilines is 1. The average molecular weight is 354 g/mol. The third kappa shape index (κ3) is 5.64. The summed E-state index contributed by atoms with van der Waals surface area (Å²) in [7, 11) is 0. The summed E-state index contributed by atoms with van der Waals surface area (Å²) in [6.45, 7) is 11.2. The minimum Gasteiger partial charge on any atom is -0.378 e. The summed E-state index contributed by atoms with van der Waals surface area (Å²) < 4.78 is 5.27. The molecule has 134 valence electrons. The molecule has 1 saturated heterocycles. The zero-order chi connectivity index (χ0) is 17.7. The highest BCUT2D eigenvalue weighted by atomic mass is 35.5. The van der Waals surface area contributed by atoms with E-state index in [9.17, 15) is 4.79 Å². The van der Waals surface area contributed by atoms with E-state index in [2.05, 4.69) is 38.0 Å². The van der Waals surface area contributed by atoms with Crippen molar-refractivity contribution in [3.63, 3.8) is 0 Å². The van der Waals surface area contributed by atoms with Crippen molar-refractivity contribution in [2.45, 2.75) is 46.6 Å². The molecule has 24 heavy (non-hydrogen) atoms. The molecule has 1 atom stereocenters. The van der Waals surface area contributed by atoms with Crippen molar-refractivity contribution < 1.29 is 9.53 Å². The smallest absolute Gasteiger partial charge is 0.255 e. The lowest BCUT2D eigenvalue weighted by atomic mass is 9.89. The topological polar surface area (TPSA) is 54.5 Å². The summed E-state index contributed by atoms with van der Waals surface area (Å²) in [5, 5.41) is 3.82. The molecule has 0 aliphatic carbocycles. The highest BCUT2D eigenvalue weighted by Gasteiger charge is 2.20. The number of carbonyl (C=O) groups excluding carboxylic acids is 1. The number of hydrogen-bond donors (Lipinski definition) is 1. The number of rotatable bonds is 5. The molecule has 0 bridgehead atoms. The van der Waals surface area contributed by atoms with Crippen LogP contribution in [0, 0.1) is 5.41 Å². The monoisotopic (exact) mass is 353 g/mol. The summed E-state index contributed by atoms with van der Waals surface area (Å²) in [6, 6.07) is 1.97. The molecule has 1 fully saturated rings. The molecule has 0 saturated carbocycles. The number of ether oxygens (including phenoxy) is 1. The second-order valence-electron chi connectivity index (χ2n) is 7.60. The maximum absolute atomic E-state index is 12.4. The molecular weight excluding hydrogens is 326 g/mol. The van der Waals surface area contributed by atoms with Crippen LogP contribution in [0.25, 0.3) is 0 Å². The average Bonchev–Trinajstić information content (AvgIpc) is 2.54. The Kier molecular flexibility index (Phi) is 6.47. The van der Waals surface area contributed by atoms with Crippen molar-refractivity contribution in [2.75, 3.05) is 31.6 Å². The number of nitrogens with zero attached hydrogens (tertiary/aromatic N) is 2. The largest absolute Gasteiger partial charge is 0.378 e. The number of pyridine rings is 1. The van der Waals surface area contributed by atoms with Gasteiger partial charge in [-0.1, -0.05) is 32.4 Å². The Morgan fingerprint density at radius 2 is 2.08 bits per heavy atom. The van der Waals surface area contributed by atoms with Crippen LogP contribution in [-0.4, -0.2) is 48.1 Å². The minimum atomic E-state index is -0.0416. The molecule has 2 rings (SSSR count). The Morgan fingerprint density at radius 1 is 1.42 bits per heavy atom. The van der Waals surface area contributed by atoms with Gasteiger partial charge in [0.1, 0.15) is 5.82 Å². The molecule has 1 N–H and O–H groups in total. The van der Waals surface area contributed by atoms with Crippen LogP contribution >= 0.6 is 11.6 Å². The SMILES string of the molecule is CC(CCC(C)(C)C)Nc1ncc(C(=O)N2CCOCC2)cc1Cl. The number of amides is 1. The van der Waals surface area contributed by atoms with Gasteiger partial charge >= 0.3 is 0 Å². The Labute approximate surface area is 149 Å². The second-order valence-corrected chi connectivity index (χ2v) is 8.01. The first-order chi connectivity index (χ1) is 11.3. The lowest BCUT2D eigenvalue weighted by Crippen LogP contribution is -2.40. The van der Waals surface area contributed by atoms with Gasteiger partial charge in [0.05, 0.1) is 23.8 Å². The summed E-state index contributed by atoms with van der Waals surface area (Å²) >= 11 is 6.33. The van der Waals surface area contributed by atoms with E-state index in [1.54, 1.807) is 17.2 Å². The van der Waals surface area contributed by atoms with Gasteiger partial charge in [0.15, 0.2) is 0 Å². The molecule has 1 aliphatic rings. The van der Waals surface area contributed by atoms with Gasteiger partial charge in [0.2, 0.25) is 0 Å². The number of morpholine rings is 1. The number of nitrogens with one attached hydrogen (secondary N) is 1. The second kappa shape index (κ2) is 8.17. The van der Waals surface area contributed by atoms with Gasteiger partial charge in [-0.25, -0.2) is 4.98 Å². The summed E-state index contributed by atoms with van der Waals surface area (Å²) in [4.78, 5) is 18.6. The van der Waals surface area contributed by atoms with Gasteiger partial charge in [-0.2, -0.15) is 0 Å². The predicted octanol–water partition coefficient (Wildman–Crippen LogP) is 3.83. The lowest BCUT2D eigenvalue weighted by Gasteiger charge is -2.27. The summed E-state index contributed by atoms with van der Waals surface area (Å²) in [5.41, 5.74) is 0.830. The van der Waals surface area contributed by atoms with Crippen molar-refractivity contribution in [3.8, 4) is 0 Å². The van der Waals surface area contributed by atoms with Crippen molar-refractivity contribution in [3.05, 3.63) is 22.8 Å². The van der Waals surface area contributed by atoms with Crippen molar-refractivity contribution in [1.82, 2.24) is 9.88 Å². The van der Waals surface area contributed by atoms with Gasteiger partial charge in [0, 0.05) is 25.3 Å². The maximum atomic E-state index is 12.4. The fourth-order valence-corrected chi connectivity index (χ4v) is 2.79. The number of hydrogen-bond acceptors (Lipinski definition) is 4. The van der Waals surface area contributed by atoms with Crippen LogP contribution in [0.15, 0.2) is 12.3 Å². The van der Waals surface area contributed by atoms with Crippen LogP contribution in [0.4, 0.5) is 5.82 Å². The van der Waals surface area contributed by atoms with Crippen molar-refractivity contribution >= 4 is 23.3 Å². The van der Waals surface area contributed by atoms with Gasteiger partial charge in [0.25, 0.3) is 5.91 Å². The molecule has 0 aromatic carbocycles. The Hall–Kier alpha value is -1.33. The summed E-state index contributed by atoms with van der Waals surface area (Å²) in [6.07, 6.45) is 3.75. The first-order valence-electron chi connectivity index (χ1n) is 8.55. The number of carbonyl (C=O) groups is 1. The van der Waals surface area contributed by atoms with Crippen LogP contribution in [-0.2, 0) is 4.74 Å². The highest BCUT2D eigenvalue weighted by Crippen LogP contribution is 2.25. The van der Waals surface area contributed by atoms with E-state index < -0.39 is 0 Å². The van der Waals surface area contributed by atoms with E-state index in [0.29, 0.717) is 48.1 Å². The van der Waals surface area contributed by atoms with E-state index in [1.165, 1.54) is 0 Å². The van der Waals surface area contributed by atoms with Crippen molar-refractivity contribution in [1.29, 1.82) is 0 Å². The Bertz CT molecular complexity index is 566. The first kappa shape index (κ1) is 19.0. The van der Waals surface area contributed by atoms with E-state index >= 15 is 0 Å². The molecule has 1 aromatic heterocycles. The highest BCUT2D eigenvalue weighted by molar-refractivity contribution is 6.33. The van der Waals surface area contributed by atoms with Crippen LogP contribution < -0.4 is 5.32 Å². The van der Waals surface area contributed by atoms with E-state index in [1.807, 2.05) is 0 Å². The van der Waals surface area contributed by atoms with E-state index in [4.69, 9.17) is 16.3 Å². The maximum Gasteiger partial charge on any atom is 0.255 e. The van der Waals surface area contributed by atoms with Crippen LogP contribution in [0.2, 0.25) is 5.02 Å². The molecule has 1 unspecified atom stereocenters. The van der Waals surface area contributed by atoms with Gasteiger partial charge in [-0.3, -0.25) is 4.79 Å². The quantitative estimate of drug-likeness (QED) is 0.873. The molecule has 6 heteroatoms. The molecule has 1 amide bonds. The molecule has 5 nitrogen and oxygen atoms in total. The van der Waals surface area contributed by atoms with Crippen LogP contribution in [0.5, 0.6) is 0 Å². The van der Waals surface area contributed by atoms with Gasteiger partial charge in [-0.05, 0) is 31.2 Å². The number of halogens is 1. The third-order valence-electron chi connectivity index (χ3n) is 4.10. The standard InChI is InChI=1S/C18H28ClN3O2/c1-13(5-6-18(2,3)4)21-16-15(19)11-14(12-20-16)17(23)22-7-9-24-10-8-22/h11-13H,5-10H2,1-4H3,(H,20,21). The fourth-order valence-electron chi connectivity index (χ4n) is 2.57. The molecule has 0 radical (unpaired) electrons. The predicted molar refractivity (Wildman–Crippen MR) is 97.7 cm³/mol. The summed E-state index contributed by atoms with van der Waals surface area (Å²) in [5.74, 6) is 0.594. The van der Waals surface area contributed by atoms with E-state index in [0.717, 1.165) is 12.8 Å². The van der Waals surface area contributed by atoms with Gasteiger partial charge in [-0.15, -0.1) is 0 Å². The third-order valence-corrected chi connectivity index (χ3v) is 4.39. The minimum absolute atomic E-state index is 0.0416. The van der Waals surface area contributed by atoms with Crippen LogP contribution in [0.3, 0.4) is 0 Å². The first-order valence-corrected chi connectivity index (χ1v) is 8.93. The molecular formula is C18H28ClN3O2. The Morgan fingerprint density at radius 3 is 2.67 bits per heavy atom. The number of aromatic nitrogens is 1. The fraction of sp³-hybridized carbons (Fsp3) is 0.667. The van der Waals surface area contributed by atoms with E-state index in [-0.39, 0.29) is 11.9 Å². The zero-order valence-electron chi connectivity index (χ0n) is 15.1. The molecule has 2 heterocycles. The normalized spacial score (nSPS) is 16.8. The van der Waals surface area contributed by atoms with Crippen LogP contribution in [0.1, 0.15) is 50.9 Å². The Balaban J connectivity index is 1.97. The lowest BCUT2D eigenvalue weighted by molar-refractivity contribution is 0.0302. The molecule has 1 aromatic rings. The molecule has 0 spiro atoms. The van der Waals surface area contributed by atoms with Crippen molar-refractivity contribution in [2.24, 2.45) is 5.41 Å². The zero-order valence-corrected chi connectivity index (χ0v) is 15.8.